The van der Waals surface area contributed by atoms with E-state index < -0.39 is 5.60 Å². The normalized spacial score (nSPS) is 21.4. The molecule has 2 aliphatic heterocycles. The van der Waals surface area contributed by atoms with E-state index in [1.807, 2.05) is 48.5 Å². The molecule has 2 heterocycles. The van der Waals surface area contributed by atoms with Crippen LogP contribution in [0.15, 0.2) is 48.5 Å². The Morgan fingerprint density at radius 1 is 1.07 bits per heavy atom. The third-order valence-electron chi connectivity index (χ3n) is 6.01. The van der Waals surface area contributed by atoms with Gasteiger partial charge in [-0.2, -0.15) is 0 Å². The van der Waals surface area contributed by atoms with Gasteiger partial charge in [0.05, 0.1) is 32.1 Å². The fourth-order valence-corrected chi connectivity index (χ4v) is 4.19. The molecule has 2 aromatic carbocycles. The summed E-state index contributed by atoms with van der Waals surface area (Å²) < 4.78 is 16.0. The number of amides is 1. The Morgan fingerprint density at radius 3 is 2.43 bits per heavy atom. The van der Waals surface area contributed by atoms with Gasteiger partial charge in [-0.15, -0.1) is 0 Å². The molecule has 0 aromatic heterocycles. The van der Waals surface area contributed by atoms with Crippen LogP contribution in [-0.2, 0) is 10.3 Å². The molecule has 1 amide bonds. The van der Waals surface area contributed by atoms with Crippen LogP contribution in [0.4, 0.5) is 10.5 Å². The zero-order valence-electron chi connectivity index (χ0n) is 17.4. The second kappa shape index (κ2) is 8.53. The van der Waals surface area contributed by atoms with Gasteiger partial charge in [-0.05, 0) is 42.7 Å². The number of benzene rings is 2. The topological polar surface area (TPSA) is 71.5 Å². The number of nitrogens with zero attached hydrogens (tertiary/aromatic N) is 2. The largest absolute Gasteiger partial charge is 0.497 e. The number of anilines is 1. The van der Waals surface area contributed by atoms with E-state index in [9.17, 15) is 9.90 Å². The first kappa shape index (κ1) is 20.5. The quantitative estimate of drug-likeness (QED) is 0.787. The minimum atomic E-state index is -0.832. The molecule has 7 heteroatoms. The van der Waals surface area contributed by atoms with Crippen LogP contribution < -0.4 is 14.4 Å². The zero-order chi connectivity index (χ0) is 21.1. The third-order valence-corrected chi connectivity index (χ3v) is 6.01. The summed E-state index contributed by atoms with van der Waals surface area (Å²) in [6, 6.07) is 15.0. The molecule has 160 valence electrons. The van der Waals surface area contributed by atoms with Crippen molar-refractivity contribution in [3.8, 4) is 11.5 Å². The molecule has 1 atom stereocenters. The molecule has 4 rings (SSSR count). The number of cyclic esters (lactones) is 1. The van der Waals surface area contributed by atoms with Crippen molar-refractivity contribution in [2.24, 2.45) is 0 Å². The van der Waals surface area contributed by atoms with Gasteiger partial charge in [0.15, 0.2) is 0 Å². The smallest absolute Gasteiger partial charge is 0.414 e. The monoisotopic (exact) mass is 412 g/mol. The minimum absolute atomic E-state index is 0.198. The number of hydrogen-bond donors (Lipinski definition) is 1. The predicted octanol–water partition coefficient (Wildman–Crippen LogP) is 3.01. The molecule has 0 aliphatic carbocycles. The number of ether oxygens (including phenoxy) is 3. The van der Waals surface area contributed by atoms with Gasteiger partial charge in [0.25, 0.3) is 0 Å². The van der Waals surface area contributed by atoms with Crippen molar-refractivity contribution >= 4 is 11.8 Å². The lowest BCUT2D eigenvalue weighted by Gasteiger charge is -2.39. The summed E-state index contributed by atoms with van der Waals surface area (Å²) in [4.78, 5) is 16.3. The van der Waals surface area contributed by atoms with Gasteiger partial charge in [-0.1, -0.05) is 18.2 Å². The van der Waals surface area contributed by atoms with E-state index in [2.05, 4.69) is 4.90 Å². The molecular formula is C23H28N2O5. The highest BCUT2D eigenvalue weighted by Crippen LogP contribution is 2.34. The average molecular weight is 412 g/mol. The molecule has 7 nitrogen and oxygen atoms in total. The molecule has 1 N–H and O–H groups in total. The summed E-state index contributed by atoms with van der Waals surface area (Å²) in [6.07, 6.45) is 0.745. The summed E-state index contributed by atoms with van der Waals surface area (Å²) in [6.45, 7) is 2.65. The maximum atomic E-state index is 12.4. The zero-order valence-corrected chi connectivity index (χ0v) is 17.4. The number of rotatable bonds is 6. The number of piperidine rings is 1. The summed E-state index contributed by atoms with van der Waals surface area (Å²) in [7, 11) is 3.24. The van der Waals surface area contributed by atoms with Crippen LogP contribution in [0.1, 0.15) is 18.4 Å². The summed E-state index contributed by atoms with van der Waals surface area (Å²) in [5, 5.41) is 11.1. The van der Waals surface area contributed by atoms with Crippen LogP contribution in [-0.4, -0.2) is 62.6 Å². The van der Waals surface area contributed by atoms with Crippen molar-refractivity contribution in [3.63, 3.8) is 0 Å². The van der Waals surface area contributed by atoms with Crippen LogP contribution in [0.3, 0.4) is 0 Å². The Hall–Kier alpha value is -2.77. The van der Waals surface area contributed by atoms with E-state index in [4.69, 9.17) is 14.2 Å². The van der Waals surface area contributed by atoms with Crippen molar-refractivity contribution in [1.29, 1.82) is 0 Å². The van der Waals surface area contributed by atoms with Crippen LogP contribution >= 0.6 is 0 Å². The molecule has 0 radical (unpaired) electrons. The van der Waals surface area contributed by atoms with E-state index in [0.717, 1.165) is 30.1 Å². The summed E-state index contributed by atoms with van der Waals surface area (Å²) >= 11 is 0. The van der Waals surface area contributed by atoms with E-state index in [1.165, 1.54) is 0 Å². The van der Waals surface area contributed by atoms with Gasteiger partial charge < -0.3 is 19.3 Å². The first-order valence-corrected chi connectivity index (χ1v) is 10.2. The molecule has 30 heavy (non-hydrogen) atoms. The summed E-state index contributed by atoms with van der Waals surface area (Å²) in [5.41, 5.74) is 0.857. The van der Waals surface area contributed by atoms with Gasteiger partial charge in [0.1, 0.15) is 17.6 Å². The lowest BCUT2D eigenvalue weighted by Crippen LogP contribution is -2.45. The van der Waals surface area contributed by atoms with Gasteiger partial charge >= 0.3 is 6.09 Å². The Balaban J connectivity index is 1.33. The highest BCUT2D eigenvalue weighted by atomic mass is 16.6. The number of aliphatic hydroxyl groups is 1. The molecular weight excluding hydrogens is 384 g/mol. The van der Waals surface area contributed by atoms with Gasteiger partial charge in [0, 0.05) is 25.7 Å². The second-order valence-electron chi connectivity index (χ2n) is 7.88. The molecule has 0 saturated carbocycles. The van der Waals surface area contributed by atoms with Crippen LogP contribution in [0.25, 0.3) is 0 Å². The highest BCUT2D eigenvalue weighted by molar-refractivity contribution is 5.90. The van der Waals surface area contributed by atoms with E-state index in [0.29, 0.717) is 31.7 Å². The van der Waals surface area contributed by atoms with E-state index in [-0.39, 0.29) is 12.2 Å². The van der Waals surface area contributed by atoms with Crippen LogP contribution in [0, 0.1) is 0 Å². The van der Waals surface area contributed by atoms with Crippen molar-refractivity contribution in [2.45, 2.75) is 24.5 Å². The minimum Gasteiger partial charge on any atom is -0.497 e. The number of hydrogen-bond acceptors (Lipinski definition) is 6. The first-order chi connectivity index (χ1) is 14.5. The van der Waals surface area contributed by atoms with Crippen LogP contribution in [0.5, 0.6) is 11.5 Å². The molecule has 0 bridgehead atoms. The van der Waals surface area contributed by atoms with Crippen molar-refractivity contribution in [1.82, 2.24) is 4.90 Å². The average Bonchev–Trinajstić information content (AvgIpc) is 3.15. The lowest BCUT2D eigenvalue weighted by atomic mass is 9.84. The molecule has 2 aromatic rings. The first-order valence-electron chi connectivity index (χ1n) is 10.2. The Labute approximate surface area is 176 Å². The van der Waals surface area contributed by atoms with E-state index >= 15 is 0 Å². The lowest BCUT2D eigenvalue weighted by molar-refractivity contribution is -0.0325. The fraction of sp³-hybridized carbons (Fsp3) is 0.435. The number of carbonyl (C=O) groups excluding carboxylic acids is 1. The van der Waals surface area contributed by atoms with Crippen molar-refractivity contribution < 1.29 is 24.1 Å². The Morgan fingerprint density at radius 2 is 1.77 bits per heavy atom. The Kier molecular flexibility index (Phi) is 5.83. The van der Waals surface area contributed by atoms with Crippen molar-refractivity contribution in [2.75, 3.05) is 45.3 Å². The number of methoxy groups -OCH3 is 2. The van der Waals surface area contributed by atoms with Gasteiger partial charge in [0.2, 0.25) is 0 Å². The maximum absolute atomic E-state index is 12.4. The molecule has 2 fully saturated rings. The molecule has 0 spiro atoms. The second-order valence-corrected chi connectivity index (χ2v) is 7.88. The van der Waals surface area contributed by atoms with Gasteiger partial charge in [-0.3, -0.25) is 9.80 Å². The fourth-order valence-electron chi connectivity index (χ4n) is 4.19. The molecule has 2 saturated heterocycles. The van der Waals surface area contributed by atoms with E-state index in [1.54, 1.807) is 19.1 Å². The standard InChI is InChI=1S/C23H28N2O5/c1-28-19-8-6-17(7-9-19)23(27)10-12-24(13-11-23)15-21-16-25(22(26)30-21)18-4-3-5-20(14-18)29-2/h3-9,14,21,27H,10-13,15-16H2,1-2H3. The third kappa shape index (κ3) is 4.22. The maximum Gasteiger partial charge on any atom is 0.414 e. The van der Waals surface area contributed by atoms with Crippen molar-refractivity contribution in [3.05, 3.63) is 54.1 Å². The SMILES string of the molecule is COc1ccc(C2(O)CCN(CC3CN(c4cccc(OC)c4)C(=O)O3)CC2)cc1. The Bertz CT molecular complexity index is 877. The van der Waals surface area contributed by atoms with Gasteiger partial charge in [-0.25, -0.2) is 4.79 Å². The highest BCUT2D eigenvalue weighted by Gasteiger charge is 2.37. The predicted molar refractivity (Wildman–Crippen MR) is 113 cm³/mol. The number of carbonyl (C=O) groups is 1. The molecule has 2 aliphatic rings. The van der Waals surface area contributed by atoms with Crippen LogP contribution in [0.2, 0.25) is 0 Å². The summed E-state index contributed by atoms with van der Waals surface area (Å²) in [5.74, 6) is 1.49. The molecule has 1 unspecified atom stereocenters. The number of likely N-dealkylation sites (tertiary alicyclic amines) is 1.